The van der Waals surface area contributed by atoms with Crippen LogP contribution in [0.25, 0.3) is 0 Å². The number of anilines is 2. The Kier molecular flexibility index (Phi) is 7.28. The number of nitrogens with one attached hydrogen (secondary N) is 3. The zero-order valence-electron chi connectivity index (χ0n) is 21.0. The monoisotopic (exact) mass is 491 g/mol. The molecule has 2 atom stereocenters. The van der Waals surface area contributed by atoms with Gasteiger partial charge in [0.2, 0.25) is 11.8 Å². The minimum atomic E-state index is -1.24. The minimum Gasteiger partial charge on any atom is -0.371 e. The summed E-state index contributed by atoms with van der Waals surface area (Å²) < 4.78 is 0. The number of hydrogen-bond donors (Lipinski definition) is 3. The molecule has 36 heavy (non-hydrogen) atoms. The molecule has 2 unspecified atom stereocenters. The molecule has 2 aromatic carbocycles. The molecule has 0 radical (unpaired) electrons. The van der Waals surface area contributed by atoms with Crippen LogP contribution in [0.15, 0.2) is 48.5 Å². The van der Waals surface area contributed by atoms with Gasteiger partial charge in [0.1, 0.15) is 12.1 Å². The zero-order valence-corrected chi connectivity index (χ0v) is 21.0. The van der Waals surface area contributed by atoms with Crippen molar-refractivity contribution in [2.24, 2.45) is 0 Å². The molecule has 9 heteroatoms. The summed E-state index contributed by atoms with van der Waals surface area (Å²) >= 11 is 0. The van der Waals surface area contributed by atoms with Gasteiger partial charge in [-0.15, -0.1) is 0 Å². The third kappa shape index (κ3) is 5.50. The first-order valence-electron chi connectivity index (χ1n) is 12.3. The summed E-state index contributed by atoms with van der Waals surface area (Å²) in [5.74, 6) is -1.24. The molecule has 4 rings (SSSR count). The SMILES string of the molecule is Cc1ccc(C2(C)NC(=O)N(CC(=O)NC(C)CC(=O)Nc3cccc(N4CCCC4)c3)C2=O)cc1. The molecule has 9 nitrogen and oxygen atoms in total. The number of carbonyl (C=O) groups excluding carboxylic acids is 4. The second kappa shape index (κ2) is 10.4. The number of imide groups is 1. The quantitative estimate of drug-likeness (QED) is 0.492. The average molecular weight is 492 g/mol. The first-order valence-corrected chi connectivity index (χ1v) is 12.3. The molecule has 2 aromatic rings. The standard InChI is InChI=1S/C27H33N5O4/c1-18-9-11-20(12-10-18)27(3)25(35)32(26(36)30-27)17-24(34)28-19(2)15-23(33)29-21-7-6-8-22(16-21)31-13-4-5-14-31/h6-12,16,19H,4-5,13-15,17H2,1-3H3,(H,28,34)(H,29,33)(H,30,36). The van der Waals surface area contributed by atoms with Crippen molar-refractivity contribution < 1.29 is 19.2 Å². The van der Waals surface area contributed by atoms with Crippen molar-refractivity contribution in [3.8, 4) is 0 Å². The van der Waals surface area contributed by atoms with E-state index in [9.17, 15) is 19.2 Å². The van der Waals surface area contributed by atoms with E-state index in [2.05, 4.69) is 20.9 Å². The second-order valence-corrected chi connectivity index (χ2v) is 9.78. The lowest BCUT2D eigenvalue weighted by molar-refractivity contribution is -0.135. The van der Waals surface area contributed by atoms with Crippen molar-refractivity contribution in [1.82, 2.24) is 15.5 Å². The molecule has 0 bridgehead atoms. The largest absolute Gasteiger partial charge is 0.371 e. The van der Waals surface area contributed by atoms with Crippen molar-refractivity contribution in [1.29, 1.82) is 0 Å². The molecular formula is C27H33N5O4. The first kappa shape index (κ1) is 25.2. The molecular weight excluding hydrogens is 458 g/mol. The molecule has 2 fully saturated rings. The summed E-state index contributed by atoms with van der Waals surface area (Å²) in [5, 5.41) is 8.30. The Morgan fingerprint density at radius 3 is 2.44 bits per heavy atom. The Hall–Kier alpha value is -3.88. The van der Waals surface area contributed by atoms with E-state index >= 15 is 0 Å². The van der Waals surface area contributed by atoms with Crippen LogP contribution in [0.4, 0.5) is 16.2 Å². The number of carbonyl (C=O) groups is 4. The number of amides is 5. The van der Waals surface area contributed by atoms with Gasteiger partial charge in [-0.1, -0.05) is 35.9 Å². The molecule has 2 aliphatic heterocycles. The van der Waals surface area contributed by atoms with Crippen LogP contribution in [0, 0.1) is 6.92 Å². The summed E-state index contributed by atoms with van der Waals surface area (Å²) in [4.78, 5) is 53.9. The highest BCUT2D eigenvalue weighted by Gasteiger charge is 2.49. The maximum atomic E-state index is 13.0. The fourth-order valence-corrected chi connectivity index (χ4v) is 4.68. The minimum absolute atomic E-state index is 0.0565. The van der Waals surface area contributed by atoms with Gasteiger partial charge in [0.05, 0.1) is 0 Å². The van der Waals surface area contributed by atoms with E-state index in [1.807, 2.05) is 43.3 Å². The molecule has 2 aliphatic rings. The predicted octanol–water partition coefficient (Wildman–Crippen LogP) is 2.90. The highest BCUT2D eigenvalue weighted by Crippen LogP contribution is 2.29. The first-order chi connectivity index (χ1) is 17.2. The van der Waals surface area contributed by atoms with Crippen LogP contribution >= 0.6 is 0 Å². The lowest BCUT2D eigenvalue weighted by Gasteiger charge is -2.22. The van der Waals surface area contributed by atoms with Crippen molar-refractivity contribution in [3.05, 3.63) is 59.7 Å². The average Bonchev–Trinajstić information content (AvgIpc) is 3.43. The molecule has 190 valence electrons. The van der Waals surface area contributed by atoms with Crippen molar-refractivity contribution in [2.45, 2.75) is 51.6 Å². The number of hydrogen-bond acceptors (Lipinski definition) is 5. The Labute approximate surface area is 211 Å². The van der Waals surface area contributed by atoms with E-state index in [1.165, 1.54) is 12.8 Å². The number of rotatable bonds is 8. The van der Waals surface area contributed by atoms with Crippen LogP contribution in [-0.4, -0.2) is 54.3 Å². The third-order valence-electron chi connectivity index (χ3n) is 6.71. The van der Waals surface area contributed by atoms with Gasteiger partial charge in [0.25, 0.3) is 5.91 Å². The van der Waals surface area contributed by atoms with E-state index < -0.39 is 36.0 Å². The zero-order chi connectivity index (χ0) is 25.9. The maximum Gasteiger partial charge on any atom is 0.325 e. The normalized spacial score (nSPS) is 20.3. The molecule has 0 aromatic heterocycles. The highest BCUT2D eigenvalue weighted by molar-refractivity contribution is 6.09. The molecule has 2 saturated heterocycles. The fraction of sp³-hybridized carbons (Fsp3) is 0.407. The van der Waals surface area contributed by atoms with E-state index in [0.717, 1.165) is 29.2 Å². The van der Waals surface area contributed by atoms with Crippen molar-refractivity contribution >= 4 is 35.1 Å². The summed E-state index contributed by atoms with van der Waals surface area (Å²) in [6.07, 6.45) is 2.40. The highest BCUT2D eigenvalue weighted by atomic mass is 16.2. The number of urea groups is 1. The predicted molar refractivity (Wildman–Crippen MR) is 138 cm³/mol. The van der Waals surface area contributed by atoms with Crippen molar-refractivity contribution in [2.75, 3.05) is 29.9 Å². The van der Waals surface area contributed by atoms with Crippen LogP contribution in [0.2, 0.25) is 0 Å². The Balaban J connectivity index is 1.29. The van der Waals surface area contributed by atoms with Crippen LogP contribution in [0.5, 0.6) is 0 Å². The van der Waals surface area contributed by atoms with Crippen LogP contribution < -0.4 is 20.9 Å². The third-order valence-corrected chi connectivity index (χ3v) is 6.71. The van der Waals surface area contributed by atoms with Gasteiger partial charge in [0, 0.05) is 36.9 Å². The Morgan fingerprint density at radius 1 is 1.06 bits per heavy atom. The van der Waals surface area contributed by atoms with Gasteiger partial charge < -0.3 is 20.9 Å². The van der Waals surface area contributed by atoms with E-state index in [-0.39, 0.29) is 12.3 Å². The smallest absolute Gasteiger partial charge is 0.325 e. The van der Waals surface area contributed by atoms with Gasteiger partial charge >= 0.3 is 6.03 Å². The molecule has 0 spiro atoms. The Bertz CT molecular complexity index is 1160. The number of benzene rings is 2. The van der Waals surface area contributed by atoms with Crippen molar-refractivity contribution in [3.63, 3.8) is 0 Å². The van der Waals surface area contributed by atoms with Gasteiger partial charge in [-0.3, -0.25) is 19.3 Å². The molecule has 2 heterocycles. The summed E-state index contributed by atoms with van der Waals surface area (Å²) in [6.45, 7) is 6.88. The maximum absolute atomic E-state index is 13.0. The number of nitrogens with zero attached hydrogens (tertiary/aromatic N) is 2. The summed E-state index contributed by atoms with van der Waals surface area (Å²) in [6, 6.07) is 13.9. The van der Waals surface area contributed by atoms with Crippen LogP contribution in [0.1, 0.15) is 44.2 Å². The van der Waals surface area contributed by atoms with Gasteiger partial charge in [-0.2, -0.15) is 0 Å². The molecule has 0 saturated carbocycles. The van der Waals surface area contributed by atoms with Crippen LogP contribution in [-0.2, 0) is 19.9 Å². The molecule has 3 N–H and O–H groups in total. The van der Waals surface area contributed by atoms with E-state index in [4.69, 9.17) is 0 Å². The lowest BCUT2D eigenvalue weighted by Crippen LogP contribution is -2.45. The molecule has 0 aliphatic carbocycles. The lowest BCUT2D eigenvalue weighted by atomic mass is 9.91. The van der Waals surface area contributed by atoms with Gasteiger partial charge in [-0.05, 0) is 57.4 Å². The van der Waals surface area contributed by atoms with E-state index in [0.29, 0.717) is 11.3 Å². The Morgan fingerprint density at radius 2 is 1.75 bits per heavy atom. The fourth-order valence-electron chi connectivity index (χ4n) is 4.68. The van der Waals surface area contributed by atoms with E-state index in [1.54, 1.807) is 26.0 Å². The van der Waals surface area contributed by atoms with Crippen LogP contribution in [0.3, 0.4) is 0 Å². The van der Waals surface area contributed by atoms with Gasteiger partial charge in [0.15, 0.2) is 0 Å². The summed E-state index contributed by atoms with van der Waals surface area (Å²) in [5.41, 5.74) is 2.23. The number of aryl methyl sites for hydroxylation is 1. The topological polar surface area (TPSA) is 111 Å². The molecule has 5 amide bonds. The van der Waals surface area contributed by atoms with Gasteiger partial charge in [-0.25, -0.2) is 4.79 Å². The summed E-state index contributed by atoms with van der Waals surface area (Å²) in [7, 11) is 0. The second-order valence-electron chi connectivity index (χ2n) is 9.78.